The number of ether oxygens (including phenoxy) is 1. The van der Waals surface area contributed by atoms with Crippen molar-refractivity contribution in [2.45, 2.75) is 58.5 Å². The van der Waals surface area contributed by atoms with Gasteiger partial charge in [0.1, 0.15) is 6.04 Å². The summed E-state index contributed by atoms with van der Waals surface area (Å²) in [7, 11) is 0. The Bertz CT molecular complexity index is 200. The van der Waals surface area contributed by atoms with E-state index >= 15 is 0 Å². The highest BCUT2D eigenvalue weighted by Gasteiger charge is 2.29. The lowest BCUT2D eigenvalue weighted by atomic mass is 10.1. The fourth-order valence-electron chi connectivity index (χ4n) is 2.48. The highest BCUT2D eigenvalue weighted by Crippen LogP contribution is 2.25. The number of esters is 1. The Morgan fingerprint density at radius 2 is 2.00 bits per heavy atom. The van der Waals surface area contributed by atoms with Gasteiger partial charge >= 0.3 is 5.97 Å². The van der Waals surface area contributed by atoms with Crippen molar-refractivity contribution in [2.75, 3.05) is 13.2 Å². The van der Waals surface area contributed by atoms with Gasteiger partial charge in [-0.2, -0.15) is 0 Å². The second-order valence-electron chi connectivity index (χ2n) is 4.20. The number of hydrogen-bond acceptors (Lipinski definition) is 3. The molecule has 0 heterocycles. The number of carbonyl (C=O) groups excluding carboxylic acids is 1. The van der Waals surface area contributed by atoms with Crippen LogP contribution in [0.3, 0.4) is 0 Å². The Morgan fingerprint density at radius 1 is 1.40 bits per heavy atom. The molecule has 0 aromatic carbocycles. The second-order valence-corrected chi connectivity index (χ2v) is 4.20. The third-order valence-electron chi connectivity index (χ3n) is 3.28. The normalized spacial score (nSPS) is 19.5. The maximum absolute atomic E-state index is 11.6. The van der Waals surface area contributed by atoms with Gasteiger partial charge in [-0.1, -0.05) is 19.8 Å². The summed E-state index contributed by atoms with van der Waals surface area (Å²) in [4.78, 5) is 13.9. The lowest BCUT2D eigenvalue weighted by molar-refractivity contribution is -0.149. The summed E-state index contributed by atoms with van der Waals surface area (Å²) in [5, 5.41) is 0. The fraction of sp³-hybridized carbons (Fsp3) is 0.917. The topological polar surface area (TPSA) is 29.5 Å². The summed E-state index contributed by atoms with van der Waals surface area (Å²) in [5.74, 6) is -0.0775. The van der Waals surface area contributed by atoms with Crippen LogP contribution in [-0.4, -0.2) is 36.1 Å². The maximum Gasteiger partial charge on any atom is 0.323 e. The van der Waals surface area contributed by atoms with Crippen LogP contribution in [-0.2, 0) is 9.53 Å². The van der Waals surface area contributed by atoms with E-state index in [0.717, 1.165) is 6.54 Å². The molecule has 0 aromatic heterocycles. The van der Waals surface area contributed by atoms with Crippen LogP contribution in [0.2, 0.25) is 0 Å². The van der Waals surface area contributed by atoms with Gasteiger partial charge in [0.05, 0.1) is 6.61 Å². The number of nitrogens with zero attached hydrogens (tertiary/aromatic N) is 1. The van der Waals surface area contributed by atoms with Crippen molar-refractivity contribution in [3.05, 3.63) is 0 Å². The zero-order chi connectivity index (χ0) is 11.3. The summed E-state index contributed by atoms with van der Waals surface area (Å²) < 4.78 is 5.07. The van der Waals surface area contributed by atoms with Gasteiger partial charge in [0.2, 0.25) is 0 Å². The lowest BCUT2D eigenvalue weighted by Crippen LogP contribution is -2.45. The van der Waals surface area contributed by atoms with E-state index in [1.54, 1.807) is 0 Å². The van der Waals surface area contributed by atoms with Crippen LogP contribution >= 0.6 is 0 Å². The van der Waals surface area contributed by atoms with Gasteiger partial charge in [-0.3, -0.25) is 9.69 Å². The number of rotatable bonds is 5. The molecule has 1 saturated carbocycles. The molecular formula is C12H23NO2. The molecule has 0 bridgehead atoms. The molecule has 1 fully saturated rings. The predicted molar refractivity (Wildman–Crippen MR) is 60.7 cm³/mol. The minimum Gasteiger partial charge on any atom is -0.465 e. The molecule has 0 spiro atoms. The minimum atomic E-state index is -0.0851. The van der Waals surface area contributed by atoms with Gasteiger partial charge in [-0.05, 0) is 33.2 Å². The molecule has 0 radical (unpaired) electrons. The summed E-state index contributed by atoms with van der Waals surface area (Å²) in [6.45, 7) is 7.35. The molecule has 0 saturated heterocycles. The molecule has 0 aromatic rings. The first kappa shape index (κ1) is 12.5. The van der Waals surface area contributed by atoms with Crippen LogP contribution in [0.5, 0.6) is 0 Å². The summed E-state index contributed by atoms with van der Waals surface area (Å²) in [6, 6.07) is 0.507. The Balaban J connectivity index is 2.52. The summed E-state index contributed by atoms with van der Waals surface area (Å²) in [6.07, 6.45) is 5.07. The van der Waals surface area contributed by atoms with Gasteiger partial charge in [-0.15, -0.1) is 0 Å². The minimum absolute atomic E-state index is 0.0775. The molecule has 1 rings (SSSR count). The molecule has 1 atom stereocenters. The number of carbonyl (C=O) groups is 1. The standard InChI is InChI=1S/C12H23NO2/c1-4-13(11-8-6-7-9-11)10(3)12(14)15-5-2/h10-11H,4-9H2,1-3H3. The largest absolute Gasteiger partial charge is 0.465 e. The maximum atomic E-state index is 11.6. The average Bonchev–Trinajstić information content (AvgIpc) is 2.72. The van der Waals surface area contributed by atoms with Crippen LogP contribution < -0.4 is 0 Å². The third-order valence-corrected chi connectivity index (χ3v) is 3.28. The smallest absolute Gasteiger partial charge is 0.323 e. The van der Waals surface area contributed by atoms with Crippen LogP contribution in [0.1, 0.15) is 46.5 Å². The first-order chi connectivity index (χ1) is 7.20. The monoisotopic (exact) mass is 213 g/mol. The van der Waals surface area contributed by atoms with Crippen molar-refractivity contribution in [3.63, 3.8) is 0 Å². The van der Waals surface area contributed by atoms with E-state index in [1.807, 2.05) is 13.8 Å². The average molecular weight is 213 g/mol. The lowest BCUT2D eigenvalue weighted by Gasteiger charge is -2.31. The van der Waals surface area contributed by atoms with E-state index in [4.69, 9.17) is 4.74 Å². The number of hydrogen-bond donors (Lipinski definition) is 0. The highest BCUT2D eigenvalue weighted by molar-refractivity contribution is 5.75. The fourth-order valence-corrected chi connectivity index (χ4v) is 2.48. The van der Waals surface area contributed by atoms with Crippen molar-refractivity contribution in [3.8, 4) is 0 Å². The summed E-state index contributed by atoms with van der Waals surface area (Å²) >= 11 is 0. The van der Waals surface area contributed by atoms with E-state index < -0.39 is 0 Å². The Morgan fingerprint density at radius 3 is 2.47 bits per heavy atom. The van der Waals surface area contributed by atoms with Gasteiger partial charge in [0, 0.05) is 6.04 Å². The first-order valence-electron chi connectivity index (χ1n) is 6.13. The zero-order valence-electron chi connectivity index (χ0n) is 10.2. The van der Waals surface area contributed by atoms with E-state index in [9.17, 15) is 4.79 Å². The molecule has 15 heavy (non-hydrogen) atoms. The van der Waals surface area contributed by atoms with Crippen molar-refractivity contribution >= 4 is 5.97 Å². The first-order valence-corrected chi connectivity index (χ1v) is 6.13. The zero-order valence-corrected chi connectivity index (χ0v) is 10.2. The molecule has 3 heteroatoms. The molecule has 0 N–H and O–H groups in total. The van der Waals surface area contributed by atoms with Crippen LogP contribution in [0.4, 0.5) is 0 Å². The van der Waals surface area contributed by atoms with Gasteiger partial charge in [-0.25, -0.2) is 0 Å². The van der Waals surface area contributed by atoms with E-state index in [1.165, 1.54) is 25.7 Å². The summed E-state index contributed by atoms with van der Waals surface area (Å²) in [5.41, 5.74) is 0. The second kappa shape index (κ2) is 6.11. The Kier molecular flexibility index (Phi) is 5.09. The number of likely N-dealkylation sites (N-methyl/N-ethyl adjacent to an activating group) is 1. The van der Waals surface area contributed by atoms with Gasteiger partial charge < -0.3 is 4.74 Å². The highest BCUT2D eigenvalue weighted by atomic mass is 16.5. The van der Waals surface area contributed by atoms with Gasteiger partial charge in [0.25, 0.3) is 0 Å². The van der Waals surface area contributed by atoms with E-state index in [-0.39, 0.29) is 12.0 Å². The van der Waals surface area contributed by atoms with E-state index in [2.05, 4.69) is 11.8 Å². The molecule has 88 valence electrons. The SMILES string of the molecule is CCOC(=O)C(C)N(CC)C1CCCC1. The Hall–Kier alpha value is -0.570. The third kappa shape index (κ3) is 3.20. The quantitative estimate of drug-likeness (QED) is 0.656. The van der Waals surface area contributed by atoms with Crippen molar-refractivity contribution in [2.24, 2.45) is 0 Å². The van der Waals surface area contributed by atoms with Crippen LogP contribution in [0.25, 0.3) is 0 Å². The molecule has 1 unspecified atom stereocenters. The van der Waals surface area contributed by atoms with Crippen LogP contribution in [0.15, 0.2) is 0 Å². The molecule has 0 amide bonds. The van der Waals surface area contributed by atoms with Crippen molar-refractivity contribution < 1.29 is 9.53 Å². The molecule has 1 aliphatic carbocycles. The van der Waals surface area contributed by atoms with Gasteiger partial charge in [0.15, 0.2) is 0 Å². The molecular weight excluding hydrogens is 190 g/mol. The predicted octanol–water partition coefficient (Wildman–Crippen LogP) is 2.20. The molecule has 1 aliphatic rings. The molecule has 3 nitrogen and oxygen atoms in total. The van der Waals surface area contributed by atoms with Crippen molar-refractivity contribution in [1.29, 1.82) is 0 Å². The van der Waals surface area contributed by atoms with E-state index in [0.29, 0.717) is 12.6 Å². The van der Waals surface area contributed by atoms with Crippen LogP contribution in [0, 0.1) is 0 Å². The Labute approximate surface area is 92.8 Å². The van der Waals surface area contributed by atoms with Crippen molar-refractivity contribution in [1.82, 2.24) is 4.90 Å². The molecule has 0 aliphatic heterocycles.